The minimum Gasteiger partial charge on any atom is -0.373 e. The van der Waals surface area contributed by atoms with Crippen molar-refractivity contribution in [2.24, 2.45) is 0 Å². The molecule has 1 saturated heterocycles. The molecule has 1 heterocycles. The second-order valence-electron chi connectivity index (χ2n) is 4.61. The second kappa shape index (κ2) is 6.88. The molecule has 0 aromatic rings. The highest BCUT2D eigenvalue weighted by Gasteiger charge is 2.34. The predicted octanol–water partition coefficient (Wildman–Crippen LogP) is 1.08. The first-order valence-electron chi connectivity index (χ1n) is 6.31. The highest BCUT2D eigenvalue weighted by molar-refractivity contribution is 6.53. The van der Waals surface area contributed by atoms with Crippen LogP contribution in [0.15, 0.2) is 0 Å². The van der Waals surface area contributed by atoms with Crippen molar-refractivity contribution in [2.75, 3.05) is 46.8 Å². The lowest BCUT2D eigenvalue weighted by Gasteiger charge is -2.21. The zero-order valence-corrected chi connectivity index (χ0v) is 12.0. The fraction of sp³-hybridized carbons (Fsp3) is 1.00. The normalized spacial score (nSPS) is 19.4. The average Bonchev–Trinajstić information content (AvgIpc) is 2.55. The first-order valence-corrected chi connectivity index (χ1v) is 8.16. The molecule has 0 atom stereocenters. The molecule has 15 heavy (non-hydrogen) atoms. The van der Waals surface area contributed by atoms with Crippen molar-refractivity contribution in [3.05, 3.63) is 0 Å². The van der Waals surface area contributed by atoms with Gasteiger partial charge in [0.1, 0.15) is 0 Å². The molecule has 0 spiro atoms. The monoisotopic (exact) mass is 227 g/mol. The summed E-state index contributed by atoms with van der Waals surface area (Å²) in [4.78, 5) is 2.53. The Kier molecular flexibility index (Phi) is 6.18. The van der Waals surface area contributed by atoms with Gasteiger partial charge in [0.2, 0.25) is 0 Å². The fourth-order valence-electron chi connectivity index (χ4n) is 2.43. The minimum atomic E-state index is -0.710. The van der Waals surface area contributed by atoms with E-state index in [2.05, 4.69) is 40.6 Å². The van der Waals surface area contributed by atoms with E-state index in [0.29, 0.717) is 0 Å². The lowest BCUT2D eigenvalue weighted by Crippen LogP contribution is -2.40. The van der Waals surface area contributed by atoms with Gasteiger partial charge in [-0.15, -0.1) is 0 Å². The molecule has 0 amide bonds. The van der Waals surface area contributed by atoms with Gasteiger partial charge in [-0.2, -0.15) is 0 Å². The zero-order valence-electron chi connectivity index (χ0n) is 10.9. The summed E-state index contributed by atoms with van der Waals surface area (Å²) in [6, 6.07) is 0. The molecule has 0 aromatic carbocycles. The van der Waals surface area contributed by atoms with Crippen molar-refractivity contribution in [1.82, 2.24) is 12.7 Å². The molecule has 1 rings (SSSR count). The summed E-state index contributed by atoms with van der Waals surface area (Å²) in [5.41, 5.74) is 0. The molecule has 1 fully saturated rings. The molecule has 0 N–H and O–H groups in total. The molecule has 1 aliphatic heterocycles. The van der Waals surface area contributed by atoms with Crippen molar-refractivity contribution in [1.29, 1.82) is 0 Å². The molecule has 4 heteroatoms. The number of hydrogen-bond donors (Lipinski definition) is 0. The van der Waals surface area contributed by atoms with Crippen molar-refractivity contribution in [3.8, 4) is 0 Å². The molecule has 0 unspecified atom stereocenters. The van der Waals surface area contributed by atoms with E-state index < -0.39 is 14.6 Å². The van der Waals surface area contributed by atoms with Gasteiger partial charge in [0.15, 0.2) is 0 Å². The van der Waals surface area contributed by atoms with E-state index in [9.17, 15) is 0 Å². The molecule has 0 aliphatic carbocycles. The summed E-state index contributed by atoms with van der Waals surface area (Å²) < 4.78 is 5.23. The summed E-state index contributed by atoms with van der Waals surface area (Å²) in [5.74, 6) is 0. The topological polar surface area (TPSA) is 9.72 Å². The molecule has 0 saturated carbocycles. The van der Waals surface area contributed by atoms with Gasteiger partial charge in [0.25, 0.3) is 0 Å². The third kappa shape index (κ3) is 4.05. The van der Waals surface area contributed by atoms with Crippen LogP contribution in [-0.2, 0) is 0 Å². The van der Waals surface area contributed by atoms with E-state index in [1.807, 2.05) is 0 Å². The van der Waals surface area contributed by atoms with Crippen molar-refractivity contribution in [3.63, 3.8) is 0 Å². The Hall–Kier alpha value is 0.412. The Morgan fingerprint density at radius 1 is 1.07 bits per heavy atom. The smallest absolute Gasteiger partial charge is 0.373 e. The number of likely N-dealkylation sites (N-methyl/N-ethyl adjacent to an activating group) is 2. The molecular formula is C11H26AlN3. The summed E-state index contributed by atoms with van der Waals surface area (Å²) in [7, 11) is 4.61. The maximum Gasteiger partial charge on any atom is 0.488 e. The van der Waals surface area contributed by atoms with Crippen molar-refractivity contribution >= 4 is 14.6 Å². The first kappa shape index (κ1) is 13.5. The number of nitrogens with zero attached hydrogens (tertiary/aromatic N) is 3. The van der Waals surface area contributed by atoms with Crippen LogP contribution >= 0.6 is 0 Å². The van der Waals surface area contributed by atoms with Crippen LogP contribution in [0.1, 0.15) is 20.3 Å². The molecular weight excluding hydrogens is 201 g/mol. The Balaban J connectivity index is 2.18. The summed E-state index contributed by atoms with van der Waals surface area (Å²) in [5, 5.41) is 1.45. The van der Waals surface area contributed by atoms with Crippen LogP contribution in [0.5, 0.6) is 0 Å². The highest BCUT2D eigenvalue weighted by atomic mass is 27.2. The molecule has 0 aromatic heterocycles. The van der Waals surface area contributed by atoms with Crippen LogP contribution in [0, 0.1) is 0 Å². The van der Waals surface area contributed by atoms with Gasteiger partial charge < -0.3 is 12.7 Å². The van der Waals surface area contributed by atoms with Gasteiger partial charge >= 0.3 is 14.6 Å². The zero-order chi connectivity index (χ0) is 11.3. The Morgan fingerprint density at radius 3 is 2.07 bits per heavy atom. The lowest BCUT2D eigenvalue weighted by atomic mass is 10.4. The van der Waals surface area contributed by atoms with Crippen LogP contribution in [0.3, 0.4) is 0 Å². The van der Waals surface area contributed by atoms with Crippen LogP contribution < -0.4 is 0 Å². The van der Waals surface area contributed by atoms with E-state index in [1.54, 1.807) is 0 Å². The molecule has 88 valence electrons. The van der Waals surface area contributed by atoms with Gasteiger partial charge in [-0.3, -0.25) is 0 Å². The van der Waals surface area contributed by atoms with E-state index in [1.165, 1.54) is 44.4 Å². The van der Waals surface area contributed by atoms with Crippen LogP contribution in [-0.4, -0.2) is 74.1 Å². The van der Waals surface area contributed by atoms with Crippen molar-refractivity contribution < 1.29 is 0 Å². The third-order valence-corrected chi connectivity index (χ3v) is 7.13. The molecule has 0 bridgehead atoms. The van der Waals surface area contributed by atoms with Crippen LogP contribution in [0.25, 0.3) is 0 Å². The van der Waals surface area contributed by atoms with Crippen molar-refractivity contribution in [2.45, 2.75) is 25.6 Å². The average molecular weight is 227 g/mol. The fourth-order valence-corrected chi connectivity index (χ4v) is 5.36. The van der Waals surface area contributed by atoms with E-state index in [0.717, 1.165) is 0 Å². The highest BCUT2D eigenvalue weighted by Crippen LogP contribution is 2.12. The molecule has 1 aliphatic rings. The summed E-state index contributed by atoms with van der Waals surface area (Å²) in [6.07, 6.45) is 1.38. The number of rotatable bonds is 6. The third-order valence-electron chi connectivity index (χ3n) is 3.65. The standard InChI is InChI=1S/C7H16N.C4H10N2.Al/c1-4-7-8(5-2)6-3;1-5-3-4-6-2;/h1,4-7H2,2-3H3;3-4H2,1-2H3;/q;-2;+2. The first-order chi connectivity index (χ1) is 7.19. The van der Waals surface area contributed by atoms with E-state index in [-0.39, 0.29) is 0 Å². The van der Waals surface area contributed by atoms with Gasteiger partial charge in [0.05, 0.1) is 0 Å². The Labute approximate surface area is 99.8 Å². The minimum absolute atomic E-state index is 0.710. The van der Waals surface area contributed by atoms with Crippen LogP contribution in [0.4, 0.5) is 0 Å². The summed E-state index contributed by atoms with van der Waals surface area (Å²) >= 11 is -0.710. The Morgan fingerprint density at radius 2 is 1.60 bits per heavy atom. The van der Waals surface area contributed by atoms with Gasteiger partial charge in [-0.1, -0.05) is 19.1 Å². The van der Waals surface area contributed by atoms with Gasteiger partial charge in [0, 0.05) is 0 Å². The van der Waals surface area contributed by atoms with Gasteiger partial charge in [-0.05, 0) is 53.2 Å². The van der Waals surface area contributed by atoms with Crippen LogP contribution in [0.2, 0.25) is 5.28 Å². The SMILES string of the molecule is CCN(CC)CC[CH2][Al]1[N](C)CC[N]1C. The molecule has 0 radical (unpaired) electrons. The largest absolute Gasteiger partial charge is 0.488 e. The maximum atomic E-state index is 2.61. The number of hydrogen-bond acceptors (Lipinski definition) is 3. The molecule has 3 nitrogen and oxygen atoms in total. The quantitative estimate of drug-likeness (QED) is 0.629. The lowest BCUT2D eigenvalue weighted by molar-refractivity contribution is 0.303. The second-order valence-corrected chi connectivity index (χ2v) is 7.91. The van der Waals surface area contributed by atoms with E-state index >= 15 is 0 Å². The van der Waals surface area contributed by atoms with Gasteiger partial charge in [-0.25, -0.2) is 0 Å². The maximum absolute atomic E-state index is 2.61. The Bertz CT molecular complexity index is 163. The van der Waals surface area contributed by atoms with E-state index in [4.69, 9.17) is 0 Å². The summed E-state index contributed by atoms with van der Waals surface area (Å²) in [6.45, 7) is 10.8. The predicted molar refractivity (Wildman–Crippen MR) is 68.2 cm³/mol.